The summed E-state index contributed by atoms with van der Waals surface area (Å²) in [6.45, 7) is 0.117. The van der Waals surface area contributed by atoms with Gasteiger partial charge in [-0.3, -0.25) is 4.79 Å². The summed E-state index contributed by atoms with van der Waals surface area (Å²) in [5.74, 6) is 0.174. The van der Waals surface area contributed by atoms with Gasteiger partial charge >= 0.3 is 0 Å². The Labute approximate surface area is 158 Å². The Balaban J connectivity index is 1.66. The summed E-state index contributed by atoms with van der Waals surface area (Å²) in [4.78, 5) is 12.7. The Bertz CT molecular complexity index is 715. The molecule has 0 radical (unpaired) electrons. The molecule has 0 aliphatic heterocycles. The van der Waals surface area contributed by atoms with Crippen molar-refractivity contribution in [1.29, 1.82) is 0 Å². The molecule has 3 rings (SSSR count). The molecule has 1 fully saturated rings. The molecule has 0 aromatic heterocycles. The first kappa shape index (κ1) is 18.2. The average Bonchev–Trinajstić information content (AvgIpc) is 3.39. The Morgan fingerprint density at radius 1 is 1.16 bits per heavy atom. The maximum absolute atomic E-state index is 12.7. The van der Waals surface area contributed by atoms with Gasteiger partial charge in [0.2, 0.25) is 5.91 Å². The van der Waals surface area contributed by atoms with Gasteiger partial charge in [-0.05, 0) is 54.5 Å². The topological polar surface area (TPSA) is 49.3 Å². The third kappa shape index (κ3) is 4.75. The number of aliphatic hydroxyl groups excluding tert-OH is 1. The standard InChI is InChI=1S/C20H21Cl2NO2/c21-15-9-14(10-16(22)11-15)17-12-18(17)20(25)23-19(7-4-8-24)13-5-2-1-3-6-13/h1-3,5-6,9-11,17-19,24H,4,7-8,12H2,(H,23,25). The van der Waals surface area contributed by atoms with Crippen LogP contribution in [-0.4, -0.2) is 17.6 Å². The van der Waals surface area contributed by atoms with E-state index in [4.69, 9.17) is 28.3 Å². The minimum absolute atomic E-state index is 0.0464. The molecule has 3 unspecified atom stereocenters. The van der Waals surface area contributed by atoms with Crippen LogP contribution in [0.4, 0.5) is 0 Å². The lowest BCUT2D eigenvalue weighted by atomic mass is 10.0. The van der Waals surface area contributed by atoms with E-state index in [2.05, 4.69) is 5.32 Å². The van der Waals surface area contributed by atoms with Crippen LogP contribution in [0.5, 0.6) is 0 Å². The number of halogens is 2. The number of rotatable bonds is 7. The van der Waals surface area contributed by atoms with Crippen molar-refractivity contribution in [1.82, 2.24) is 5.32 Å². The molecule has 3 nitrogen and oxygen atoms in total. The van der Waals surface area contributed by atoms with Gasteiger partial charge in [0.05, 0.1) is 6.04 Å². The molecule has 1 aliphatic rings. The molecule has 2 aromatic rings. The van der Waals surface area contributed by atoms with Crippen LogP contribution in [0.3, 0.4) is 0 Å². The highest BCUT2D eigenvalue weighted by molar-refractivity contribution is 6.34. The molecular formula is C20H21Cl2NO2. The second-order valence-corrected chi connectivity index (χ2v) is 7.36. The predicted molar refractivity (Wildman–Crippen MR) is 101 cm³/mol. The Morgan fingerprint density at radius 2 is 1.84 bits per heavy atom. The lowest BCUT2D eigenvalue weighted by Gasteiger charge is -2.19. The lowest BCUT2D eigenvalue weighted by Crippen LogP contribution is -2.30. The Morgan fingerprint density at radius 3 is 2.48 bits per heavy atom. The smallest absolute Gasteiger partial charge is 0.224 e. The van der Waals surface area contributed by atoms with Crippen molar-refractivity contribution in [3.05, 3.63) is 69.7 Å². The Kier molecular flexibility index (Phi) is 6.00. The van der Waals surface area contributed by atoms with E-state index in [1.54, 1.807) is 6.07 Å². The molecular weight excluding hydrogens is 357 g/mol. The van der Waals surface area contributed by atoms with Crippen LogP contribution in [0.1, 0.15) is 42.3 Å². The van der Waals surface area contributed by atoms with E-state index < -0.39 is 0 Å². The normalized spacial score (nSPS) is 20.1. The van der Waals surface area contributed by atoms with Crippen LogP contribution < -0.4 is 5.32 Å². The first-order valence-electron chi connectivity index (χ1n) is 8.50. The monoisotopic (exact) mass is 377 g/mol. The van der Waals surface area contributed by atoms with Crippen molar-refractivity contribution in [3.63, 3.8) is 0 Å². The van der Waals surface area contributed by atoms with Gasteiger partial charge < -0.3 is 10.4 Å². The van der Waals surface area contributed by atoms with Gasteiger partial charge in [0.1, 0.15) is 0 Å². The third-order valence-corrected chi connectivity index (χ3v) is 5.05. The summed E-state index contributed by atoms with van der Waals surface area (Å²) in [5.41, 5.74) is 2.08. The molecule has 132 valence electrons. The predicted octanol–water partition coefficient (Wildman–Crippen LogP) is 4.73. The highest BCUT2D eigenvalue weighted by Crippen LogP contribution is 2.48. The zero-order chi connectivity index (χ0) is 17.8. The number of nitrogens with one attached hydrogen (secondary N) is 1. The highest BCUT2D eigenvalue weighted by Gasteiger charge is 2.44. The molecule has 0 saturated heterocycles. The second kappa shape index (κ2) is 8.22. The number of benzene rings is 2. The summed E-state index contributed by atoms with van der Waals surface area (Å²) in [7, 11) is 0. The van der Waals surface area contributed by atoms with E-state index in [-0.39, 0.29) is 30.4 Å². The van der Waals surface area contributed by atoms with Crippen molar-refractivity contribution >= 4 is 29.1 Å². The van der Waals surface area contributed by atoms with E-state index in [9.17, 15) is 4.79 Å². The van der Waals surface area contributed by atoms with Crippen molar-refractivity contribution in [3.8, 4) is 0 Å². The van der Waals surface area contributed by atoms with Gasteiger partial charge in [-0.2, -0.15) is 0 Å². The van der Waals surface area contributed by atoms with E-state index in [0.717, 1.165) is 17.5 Å². The van der Waals surface area contributed by atoms with Crippen LogP contribution in [0.2, 0.25) is 10.0 Å². The molecule has 2 N–H and O–H groups in total. The number of carbonyl (C=O) groups is 1. The second-order valence-electron chi connectivity index (χ2n) is 6.49. The maximum atomic E-state index is 12.7. The van der Waals surface area contributed by atoms with Gasteiger partial charge in [-0.25, -0.2) is 0 Å². The fourth-order valence-corrected chi connectivity index (χ4v) is 3.77. The average molecular weight is 378 g/mol. The van der Waals surface area contributed by atoms with Crippen LogP contribution in [0.15, 0.2) is 48.5 Å². The van der Waals surface area contributed by atoms with Crippen molar-refractivity contribution in [2.45, 2.75) is 31.2 Å². The number of hydrogen-bond donors (Lipinski definition) is 2. The lowest BCUT2D eigenvalue weighted by molar-refractivity contribution is -0.123. The zero-order valence-electron chi connectivity index (χ0n) is 13.8. The van der Waals surface area contributed by atoms with Crippen LogP contribution >= 0.6 is 23.2 Å². The fraction of sp³-hybridized carbons (Fsp3) is 0.350. The third-order valence-electron chi connectivity index (χ3n) is 4.61. The molecule has 0 spiro atoms. The quantitative estimate of drug-likeness (QED) is 0.732. The molecule has 0 bridgehead atoms. The van der Waals surface area contributed by atoms with E-state index >= 15 is 0 Å². The molecule has 0 heterocycles. The Hall–Kier alpha value is -1.55. The zero-order valence-corrected chi connectivity index (χ0v) is 15.3. The van der Waals surface area contributed by atoms with E-state index in [0.29, 0.717) is 22.9 Å². The summed E-state index contributed by atoms with van der Waals surface area (Å²) in [6, 6.07) is 15.3. The van der Waals surface area contributed by atoms with Crippen LogP contribution in [0, 0.1) is 5.92 Å². The molecule has 1 amide bonds. The van der Waals surface area contributed by atoms with E-state index in [1.807, 2.05) is 42.5 Å². The van der Waals surface area contributed by atoms with Crippen molar-refractivity contribution in [2.75, 3.05) is 6.61 Å². The van der Waals surface area contributed by atoms with Crippen molar-refractivity contribution < 1.29 is 9.90 Å². The SMILES string of the molecule is O=C(NC(CCCO)c1ccccc1)C1CC1c1cc(Cl)cc(Cl)c1. The van der Waals surface area contributed by atoms with Crippen LogP contribution in [-0.2, 0) is 4.79 Å². The summed E-state index contributed by atoms with van der Waals surface area (Å²) in [6.07, 6.45) is 2.18. The van der Waals surface area contributed by atoms with Crippen molar-refractivity contribution in [2.24, 2.45) is 5.92 Å². The number of carbonyl (C=O) groups excluding carboxylic acids is 1. The maximum Gasteiger partial charge on any atom is 0.224 e. The van der Waals surface area contributed by atoms with Gasteiger partial charge in [-0.15, -0.1) is 0 Å². The molecule has 5 heteroatoms. The minimum atomic E-state index is -0.0787. The first-order chi connectivity index (χ1) is 12.1. The molecule has 3 atom stereocenters. The summed E-state index contributed by atoms with van der Waals surface area (Å²) >= 11 is 12.1. The molecule has 2 aromatic carbocycles. The summed E-state index contributed by atoms with van der Waals surface area (Å²) < 4.78 is 0. The number of aliphatic hydroxyl groups is 1. The molecule has 1 saturated carbocycles. The van der Waals surface area contributed by atoms with Gasteiger partial charge in [0.15, 0.2) is 0 Å². The molecule has 25 heavy (non-hydrogen) atoms. The fourth-order valence-electron chi connectivity index (χ4n) is 3.22. The van der Waals surface area contributed by atoms with E-state index in [1.165, 1.54) is 0 Å². The van der Waals surface area contributed by atoms with Crippen LogP contribution in [0.25, 0.3) is 0 Å². The van der Waals surface area contributed by atoms with Gasteiger partial charge in [-0.1, -0.05) is 53.5 Å². The van der Waals surface area contributed by atoms with Gasteiger partial charge in [0.25, 0.3) is 0 Å². The highest BCUT2D eigenvalue weighted by atomic mass is 35.5. The summed E-state index contributed by atoms with van der Waals surface area (Å²) in [5, 5.41) is 13.5. The minimum Gasteiger partial charge on any atom is -0.396 e. The number of amides is 1. The largest absolute Gasteiger partial charge is 0.396 e. The molecule has 1 aliphatic carbocycles. The first-order valence-corrected chi connectivity index (χ1v) is 9.26. The van der Waals surface area contributed by atoms with Gasteiger partial charge in [0, 0.05) is 22.6 Å². The number of hydrogen-bond acceptors (Lipinski definition) is 2.